The highest BCUT2D eigenvalue weighted by atomic mass is 28.4. The average Bonchev–Trinajstić information content (AvgIpc) is 3.52. The van der Waals surface area contributed by atoms with Crippen LogP contribution in [0.5, 0.6) is 0 Å². The zero-order valence-corrected chi connectivity index (χ0v) is 23.8. The molecule has 5 rings (SSSR count). The van der Waals surface area contributed by atoms with Crippen molar-refractivity contribution in [2.45, 2.75) is 57.2 Å². The average molecular weight is 544 g/mol. The molecule has 0 saturated carbocycles. The first-order chi connectivity index (χ1) is 18.8. The van der Waals surface area contributed by atoms with Crippen molar-refractivity contribution in [3.8, 4) is 0 Å². The fourth-order valence-corrected chi connectivity index (χ4v) is 10.2. The smallest absolute Gasteiger partial charge is 0.261 e. The van der Waals surface area contributed by atoms with Crippen molar-refractivity contribution in [3.63, 3.8) is 0 Å². The van der Waals surface area contributed by atoms with E-state index >= 15 is 0 Å². The van der Waals surface area contributed by atoms with E-state index in [1.54, 1.807) is 13.4 Å². The molecule has 11 heteroatoms. The van der Waals surface area contributed by atoms with Crippen molar-refractivity contribution < 1.29 is 13.9 Å². The number of rotatable bonds is 8. The first-order valence-corrected chi connectivity index (χ1v) is 14.8. The van der Waals surface area contributed by atoms with Crippen molar-refractivity contribution in [1.82, 2.24) is 19.5 Å². The van der Waals surface area contributed by atoms with Crippen LogP contribution in [0.1, 0.15) is 32.7 Å². The topological polar surface area (TPSA) is 120 Å². The maximum atomic E-state index is 9.47. The second kappa shape index (κ2) is 10.9. The first kappa shape index (κ1) is 27.0. The summed E-state index contributed by atoms with van der Waals surface area (Å²) >= 11 is 0. The van der Waals surface area contributed by atoms with Gasteiger partial charge in [0.15, 0.2) is 11.9 Å². The van der Waals surface area contributed by atoms with Crippen molar-refractivity contribution in [2.75, 3.05) is 13.7 Å². The molecule has 1 saturated heterocycles. The van der Waals surface area contributed by atoms with Gasteiger partial charge in [-0.15, -0.1) is 0 Å². The number of azide groups is 1. The molecule has 0 amide bonds. The van der Waals surface area contributed by atoms with Crippen LogP contribution in [-0.2, 0) is 13.9 Å². The van der Waals surface area contributed by atoms with Crippen LogP contribution in [0.2, 0.25) is 5.04 Å². The Morgan fingerprint density at radius 2 is 1.67 bits per heavy atom. The molecule has 4 atom stereocenters. The summed E-state index contributed by atoms with van der Waals surface area (Å²) in [5.41, 5.74) is 11.6. The summed E-state index contributed by atoms with van der Waals surface area (Å²) in [5, 5.41) is 6.24. The number of methoxy groups -OCH3 is 1. The minimum absolute atomic E-state index is 0.211. The van der Waals surface area contributed by atoms with Crippen molar-refractivity contribution >= 4 is 29.9 Å². The lowest BCUT2D eigenvalue weighted by atomic mass is 10.1. The van der Waals surface area contributed by atoms with E-state index in [0.717, 1.165) is 16.1 Å². The lowest BCUT2D eigenvalue weighted by Gasteiger charge is -2.43. The fraction of sp³-hybridized carbons (Fsp3) is 0.393. The van der Waals surface area contributed by atoms with Gasteiger partial charge in [-0.05, 0) is 27.9 Å². The summed E-state index contributed by atoms with van der Waals surface area (Å²) in [6, 6.07) is 20.2. The van der Waals surface area contributed by atoms with E-state index in [0.29, 0.717) is 11.2 Å². The Kier molecular flexibility index (Phi) is 7.52. The highest BCUT2D eigenvalue weighted by Gasteiger charge is 2.52. The van der Waals surface area contributed by atoms with Crippen LogP contribution in [0, 0.1) is 6.92 Å². The maximum absolute atomic E-state index is 9.47. The summed E-state index contributed by atoms with van der Waals surface area (Å²) in [6.45, 7) is 8.77. The van der Waals surface area contributed by atoms with E-state index in [9.17, 15) is 5.53 Å². The Bertz CT molecular complexity index is 1430. The third-order valence-corrected chi connectivity index (χ3v) is 12.5. The molecule has 39 heavy (non-hydrogen) atoms. The molecule has 4 aromatic rings. The molecule has 1 unspecified atom stereocenters. The van der Waals surface area contributed by atoms with Crippen LogP contribution < -0.4 is 10.4 Å². The minimum atomic E-state index is -2.84. The van der Waals surface area contributed by atoms with E-state index in [1.807, 2.05) is 23.6 Å². The van der Waals surface area contributed by atoms with Crippen molar-refractivity contribution in [3.05, 3.63) is 89.5 Å². The Morgan fingerprint density at radius 3 is 2.23 bits per heavy atom. The Balaban J connectivity index is 1.55. The molecule has 3 heterocycles. The van der Waals surface area contributed by atoms with Gasteiger partial charge >= 0.3 is 0 Å². The normalized spacial score (nSPS) is 21.7. The van der Waals surface area contributed by atoms with Crippen molar-refractivity contribution in [2.24, 2.45) is 5.11 Å². The van der Waals surface area contributed by atoms with E-state index in [4.69, 9.17) is 13.9 Å². The number of benzene rings is 2. The van der Waals surface area contributed by atoms with Crippen LogP contribution >= 0.6 is 0 Å². The second-order valence-corrected chi connectivity index (χ2v) is 15.0. The van der Waals surface area contributed by atoms with Gasteiger partial charge in [-0.2, -0.15) is 0 Å². The molecule has 0 N–H and O–H groups in total. The number of aryl methyl sites for hydroxylation is 1. The van der Waals surface area contributed by atoms with Gasteiger partial charge in [0, 0.05) is 12.0 Å². The van der Waals surface area contributed by atoms with Crippen LogP contribution in [0.15, 0.2) is 78.4 Å². The largest absolute Gasteiger partial charge is 0.405 e. The minimum Gasteiger partial charge on any atom is -0.405 e. The molecule has 2 aromatic heterocycles. The Morgan fingerprint density at radius 1 is 1.03 bits per heavy atom. The zero-order valence-electron chi connectivity index (χ0n) is 22.8. The zero-order chi connectivity index (χ0) is 27.6. The summed E-state index contributed by atoms with van der Waals surface area (Å²) in [5.74, 6) is 0. The molecule has 0 aliphatic carbocycles. The van der Waals surface area contributed by atoms with Gasteiger partial charge in [-0.3, -0.25) is 4.57 Å². The molecule has 0 radical (unpaired) electrons. The molecular formula is C28H33N7O3Si. The van der Waals surface area contributed by atoms with Crippen LogP contribution in [0.3, 0.4) is 0 Å². The third kappa shape index (κ3) is 4.73. The lowest BCUT2D eigenvalue weighted by Crippen LogP contribution is -2.67. The lowest BCUT2D eigenvalue weighted by molar-refractivity contribution is -0.0567. The molecule has 202 valence electrons. The van der Waals surface area contributed by atoms with E-state index < -0.39 is 32.8 Å². The van der Waals surface area contributed by atoms with Crippen molar-refractivity contribution in [1.29, 1.82) is 0 Å². The number of aromatic nitrogens is 4. The highest BCUT2D eigenvalue weighted by molar-refractivity contribution is 6.99. The maximum Gasteiger partial charge on any atom is 0.261 e. The number of imidazole rings is 1. The van der Waals surface area contributed by atoms with Gasteiger partial charge in [-0.25, -0.2) is 15.0 Å². The predicted molar refractivity (Wildman–Crippen MR) is 151 cm³/mol. The van der Waals surface area contributed by atoms with Gasteiger partial charge in [0.1, 0.15) is 17.9 Å². The first-order valence-electron chi connectivity index (χ1n) is 12.9. The molecule has 0 bridgehead atoms. The molecule has 1 aliphatic heterocycles. The second-order valence-electron chi connectivity index (χ2n) is 10.7. The molecule has 10 nitrogen and oxygen atoms in total. The number of fused-ring (bicyclic) bond motifs is 1. The van der Waals surface area contributed by atoms with E-state index in [1.165, 1.54) is 6.33 Å². The standard InChI is InChI=1S/C28H33N7O3Si/c1-19-23-26(31-17-30-19)35(18-32-23)27-25(36-5)24(33-34-29)22(38-27)16-37-39(28(2,3)4,20-12-8-6-9-13-20)21-14-10-7-11-15-21/h6-15,17-18,22,24-25,27H,16H2,1-5H3/t22-,24+,25?,27-/m1/s1. The summed E-state index contributed by atoms with van der Waals surface area (Å²) < 4.78 is 21.4. The third-order valence-electron chi connectivity index (χ3n) is 7.47. The van der Waals surface area contributed by atoms with E-state index in [-0.39, 0.29) is 11.6 Å². The van der Waals surface area contributed by atoms with Crippen LogP contribution in [-0.4, -0.2) is 59.8 Å². The number of ether oxygens (including phenoxy) is 2. The highest BCUT2D eigenvalue weighted by Crippen LogP contribution is 2.39. The SMILES string of the molecule is COC1[C@@H](N=[N+]=[N-])[C@@H](CO[Si](c2ccccc2)(c2ccccc2)C(C)(C)C)O[C@H]1n1cnc2c(C)ncnc21. The Hall–Kier alpha value is -3.60. The predicted octanol–water partition coefficient (Wildman–Crippen LogP) is 4.30. The van der Waals surface area contributed by atoms with Gasteiger partial charge in [-0.1, -0.05) is 86.5 Å². The number of nitrogens with zero attached hydrogens (tertiary/aromatic N) is 7. The Labute approximate surface area is 228 Å². The van der Waals surface area contributed by atoms with Crippen LogP contribution in [0.25, 0.3) is 21.6 Å². The fourth-order valence-electron chi connectivity index (χ4n) is 5.66. The van der Waals surface area contributed by atoms with E-state index in [2.05, 4.69) is 94.3 Å². The molecule has 1 aliphatic rings. The van der Waals surface area contributed by atoms with Gasteiger partial charge in [0.05, 0.1) is 30.8 Å². The molecule has 2 aromatic carbocycles. The van der Waals surface area contributed by atoms with Gasteiger partial charge in [0.25, 0.3) is 8.32 Å². The quantitative estimate of drug-likeness (QED) is 0.141. The summed E-state index contributed by atoms with van der Waals surface area (Å²) in [4.78, 5) is 16.3. The summed E-state index contributed by atoms with van der Waals surface area (Å²) in [6.07, 6.45) is 1.43. The molecule has 1 fully saturated rings. The number of hydrogen-bond donors (Lipinski definition) is 0. The monoisotopic (exact) mass is 543 g/mol. The molecule has 0 spiro atoms. The van der Waals surface area contributed by atoms with Gasteiger partial charge < -0.3 is 13.9 Å². The van der Waals surface area contributed by atoms with Crippen LogP contribution in [0.4, 0.5) is 0 Å². The molecular weight excluding hydrogens is 510 g/mol. The summed E-state index contributed by atoms with van der Waals surface area (Å²) in [7, 11) is -1.25. The van der Waals surface area contributed by atoms with Gasteiger partial charge in [0.2, 0.25) is 0 Å². The number of hydrogen-bond acceptors (Lipinski definition) is 7.